The van der Waals surface area contributed by atoms with E-state index in [2.05, 4.69) is 5.32 Å². The van der Waals surface area contributed by atoms with E-state index in [4.69, 9.17) is 4.74 Å². The summed E-state index contributed by atoms with van der Waals surface area (Å²) >= 11 is 0. The Labute approximate surface area is 90.3 Å². The molecule has 0 heterocycles. The average Bonchev–Trinajstić information content (AvgIpc) is 2.50. The van der Waals surface area contributed by atoms with Crippen molar-refractivity contribution in [2.24, 2.45) is 0 Å². The Morgan fingerprint density at radius 1 is 1.47 bits per heavy atom. The van der Waals surface area contributed by atoms with Gasteiger partial charge >= 0.3 is 6.09 Å². The van der Waals surface area contributed by atoms with Gasteiger partial charge in [0.15, 0.2) is 0 Å². The van der Waals surface area contributed by atoms with E-state index in [-0.39, 0.29) is 6.61 Å². The van der Waals surface area contributed by atoms with Crippen molar-refractivity contribution < 1.29 is 14.6 Å². The van der Waals surface area contributed by atoms with Crippen LogP contribution in [0.2, 0.25) is 0 Å². The largest absolute Gasteiger partial charge is 0.444 e. The van der Waals surface area contributed by atoms with E-state index in [0.29, 0.717) is 12.8 Å². The number of alkyl carbamates (subject to hydrolysis) is 1. The van der Waals surface area contributed by atoms with Crippen LogP contribution in [0.1, 0.15) is 33.6 Å². The molecule has 0 aromatic heterocycles. The Morgan fingerprint density at radius 3 is 2.40 bits per heavy atom. The lowest BCUT2D eigenvalue weighted by atomic mass is 9.98. The monoisotopic (exact) mass is 213 g/mol. The zero-order valence-corrected chi connectivity index (χ0v) is 9.54. The number of aliphatic hydroxyl groups excluding tert-OH is 1. The van der Waals surface area contributed by atoms with E-state index < -0.39 is 17.2 Å². The first-order valence-corrected chi connectivity index (χ1v) is 5.14. The van der Waals surface area contributed by atoms with Crippen molar-refractivity contribution in [3.63, 3.8) is 0 Å². The molecule has 0 fully saturated rings. The van der Waals surface area contributed by atoms with Crippen molar-refractivity contribution >= 4 is 6.09 Å². The third-order valence-corrected chi connectivity index (χ3v) is 2.25. The van der Waals surface area contributed by atoms with Crippen LogP contribution in [-0.2, 0) is 4.74 Å². The molecule has 2 N–H and O–H groups in total. The molecule has 1 aliphatic carbocycles. The normalized spacial score (nSPS) is 18.9. The number of nitrogens with one attached hydrogen (secondary N) is 1. The lowest BCUT2D eigenvalue weighted by molar-refractivity contribution is 0.0409. The molecule has 0 aromatic carbocycles. The molecular weight excluding hydrogens is 194 g/mol. The molecule has 1 rings (SSSR count). The molecule has 0 saturated carbocycles. The van der Waals surface area contributed by atoms with Crippen molar-refractivity contribution in [1.29, 1.82) is 0 Å². The molecule has 1 aliphatic rings. The molecule has 0 radical (unpaired) electrons. The molecule has 0 spiro atoms. The lowest BCUT2D eigenvalue weighted by Gasteiger charge is -2.29. The Bertz CT molecular complexity index is 257. The fourth-order valence-corrected chi connectivity index (χ4v) is 1.49. The molecule has 0 aromatic rings. The van der Waals surface area contributed by atoms with Gasteiger partial charge in [0.2, 0.25) is 0 Å². The third kappa shape index (κ3) is 3.55. The topological polar surface area (TPSA) is 58.6 Å². The predicted octanol–water partition coefficient (Wildman–Crippen LogP) is 1.59. The van der Waals surface area contributed by atoms with Crippen molar-refractivity contribution in [2.75, 3.05) is 6.61 Å². The molecular formula is C11H19NO3. The molecule has 4 nitrogen and oxygen atoms in total. The minimum atomic E-state index is -0.553. The number of rotatable bonds is 2. The van der Waals surface area contributed by atoms with Gasteiger partial charge in [0, 0.05) is 0 Å². The van der Waals surface area contributed by atoms with Gasteiger partial charge in [-0.3, -0.25) is 0 Å². The van der Waals surface area contributed by atoms with Crippen LogP contribution in [-0.4, -0.2) is 28.9 Å². The highest BCUT2D eigenvalue weighted by Gasteiger charge is 2.33. The molecule has 15 heavy (non-hydrogen) atoms. The summed E-state index contributed by atoms with van der Waals surface area (Å²) in [5, 5.41) is 12.0. The maximum Gasteiger partial charge on any atom is 0.408 e. The van der Waals surface area contributed by atoms with Crippen LogP contribution >= 0.6 is 0 Å². The van der Waals surface area contributed by atoms with Gasteiger partial charge in [-0.2, -0.15) is 0 Å². The van der Waals surface area contributed by atoms with Crippen LogP contribution in [0, 0.1) is 0 Å². The first-order chi connectivity index (χ1) is 6.87. The molecule has 1 amide bonds. The highest BCUT2D eigenvalue weighted by Crippen LogP contribution is 2.23. The van der Waals surface area contributed by atoms with Gasteiger partial charge in [-0.25, -0.2) is 4.79 Å². The highest BCUT2D eigenvalue weighted by molar-refractivity contribution is 5.69. The third-order valence-electron chi connectivity index (χ3n) is 2.25. The fraction of sp³-hybridized carbons (Fsp3) is 0.727. The van der Waals surface area contributed by atoms with Crippen LogP contribution in [0.15, 0.2) is 12.2 Å². The number of hydrogen-bond donors (Lipinski definition) is 2. The van der Waals surface area contributed by atoms with E-state index in [1.807, 2.05) is 32.9 Å². The summed E-state index contributed by atoms with van der Waals surface area (Å²) in [6.45, 7) is 5.36. The van der Waals surface area contributed by atoms with E-state index in [9.17, 15) is 9.90 Å². The Morgan fingerprint density at radius 2 is 2.00 bits per heavy atom. The van der Waals surface area contributed by atoms with E-state index in [0.717, 1.165) is 0 Å². The van der Waals surface area contributed by atoms with Crippen molar-refractivity contribution in [2.45, 2.75) is 44.8 Å². The first-order valence-electron chi connectivity index (χ1n) is 5.14. The van der Waals surface area contributed by atoms with Gasteiger partial charge in [-0.05, 0) is 33.6 Å². The molecule has 4 heteroatoms. The quantitative estimate of drug-likeness (QED) is 0.685. The van der Waals surface area contributed by atoms with Gasteiger partial charge < -0.3 is 15.2 Å². The summed E-state index contributed by atoms with van der Waals surface area (Å²) in [7, 11) is 0. The minimum absolute atomic E-state index is 0.0702. The standard InChI is InChI=1S/C11H19NO3/c1-10(2,3)15-9(14)12-11(8-13)6-4-5-7-11/h4-5,13H,6-8H2,1-3H3,(H,12,14). The van der Waals surface area contributed by atoms with Gasteiger partial charge in [0.05, 0.1) is 12.1 Å². The second-order valence-corrected chi connectivity index (χ2v) is 4.94. The fourth-order valence-electron chi connectivity index (χ4n) is 1.49. The zero-order chi connectivity index (χ0) is 11.5. The average molecular weight is 213 g/mol. The number of carbonyl (C=O) groups is 1. The minimum Gasteiger partial charge on any atom is -0.444 e. The number of aliphatic hydroxyl groups is 1. The van der Waals surface area contributed by atoms with Crippen molar-refractivity contribution in [1.82, 2.24) is 5.32 Å². The van der Waals surface area contributed by atoms with Crippen LogP contribution in [0.3, 0.4) is 0 Å². The van der Waals surface area contributed by atoms with Gasteiger partial charge in [-0.15, -0.1) is 0 Å². The lowest BCUT2D eigenvalue weighted by Crippen LogP contribution is -2.50. The van der Waals surface area contributed by atoms with Gasteiger partial charge in [-0.1, -0.05) is 12.2 Å². The van der Waals surface area contributed by atoms with Gasteiger partial charge in [0.1, 0.15) is 5.60 Å². The summed E-state index contributed by atoms with van der Waals surface area (Å²) in [6, 6.07) is 0. The van der Waals surface area contributed by atoms with E-state index >= 15 is 0 Å². The van der Waals surface area contributed by atoms with Crippen molar-refractivity contribution in [3.05, 3.63) is 12.2 Å². The second-order valence-electron chi connectivity index (χ2n) is 4.94. The van der Waals surface area contributed by atoms with Crippen LogP contribution in [0.25, 0.3) is 0 Å². The molecule has 0 atom stereocenters. The number of carbonyl (C=O) groups excluding carboxylic acids is 1. The summed E-state index contributed by atoms with van der Waals surface area (Å²) in [6.07, 6.45) is 4.74. The highest BCUT2D eigenvalue weighted by atomic mass is 16.6. The number of ether oxygens (including phenoxy) is 1. The molecule has 86 valence electrons. The summed E-state index contributed by atoms with van der Waals surface area (Å²) in [4.78, 5) is 11.5. The Hall–Kier alpha value is -1.03. The van der Waals surface area contributed by atoms with Crippen LogP contribution < -0.4 is 5.32 Å². The summed E-state index contributed by atoms with van der Waals surface area (Å²) in [5.41, 5.74) is -1.06. The van der Waals surface area contributed by atoms with Gasteiger partial charge in [0.25, 0.3) is 0 Å². The summed E-state index contributed by atoms with van der Waals surface area (Å²) < 4.78 is 5.14. The maximum absolute atomic E-state index is 11.5. The molecule has 0 bridgehead atoms. The Balaban J connectivity index is 2.50. The first kappa shape index (κ1) is 12.0. The van der Waals surface area contributed by atoms with Crippen molar-refractivity contribution in [3.8, 4) is 0 Å². The molecule has 0 aliphatic heterocycles. The zero-order valence-electron chi connectivity index (χ0n) is 9.54. The smallest absolute Gasteiger partial charge is 0.408 e. The summed E-state index contributed by atoms with van der Waals surface area (Å²) in [5.74, 6) is 0. The van der Waals surface area contributed by atoms with E-state index in [1.54, 1.807) is 0 Å². The SMILES string of the molecule is CC(C)(C)OC(=O)NC1(CO)CC=CC1. The molecule has 0 saturated heterocycles. The van der Waals surface area contributed by atoms with E-state index in [1.165, 1.54) is 0 Å². The van der Waals surface area contributed by atoms with Crippen LogP contribution in [0.4, 0.5) is 4.79 Å². The van der Waals surface area contributed by atoms with Crippen LogP contribution in [0.5, 0.6) is 0 Å². The number of hydrogen-bond acceptors (Lipinski definition) is 3. The predicted molar refractivity (Wildman–Crippen MR) is 57.6 cm³/mol. The maximum atomic E-state index is 11.5. The molecule has 0 unspecified atom stereocenters. The Kier molecular flexibility index (Phi) is 3.39. The number of amides is 1. The second kappa shape index (κ2) is 4.23.